The fourth-order valence-corrected chi connectivity index (χ4v) is 3.72. The van der Waals surface area contributed by atoms with Crippen LogP contribution in [0.3, 0.4) is 0 Å². The summed E-state index contributed by atoms with van der Waals surface area (Å²) in [5.41, 5.74) is 3.92. The second-order valence-corrected chi connectivity index (χ2v) is 6.49. The molecule has 0 aliphatic carbocycles. The Morgan fingerprint density at radius 2 is 1.33 bits per heavy atom. The Kier molecular flexibility index (Phi) is 5.23. The Balaban J connectivity index is 0.00000105. The molecule has 2 heterocycles. The number of hydrogen-bond acceptors (Lipinski definition) is 3. The van der Waals surface area contributed by atoms with Crippen LogP contribution in [-0.4, -0.2) is 5.97 Å². The van der Waals surface area contributed by atoms with E-state index < -0.39 is 5.60 Å². The van der Waals surface area contributed by atoms with Crippen LogP contribution in [0.5, 0.6) is 11.5 Å². The molecule has 0 amide bonds. The van der Waals surface area contributed by atoms with E-state index in [0.29, 0.717) is 17.1 Å². The third-order valence-electron chi connectivity index (χ3n) is 4.85. The topological polar surface area (TPSA) is 35.5 Å². The van der Waals surface area contributed by atoms with E-state index in [1.807, 2.05) is 56.3 Å². The second-order valence-electron chi connectivity index (χ2n) is 6.49. The Bertz CT molecular complexity index is 1010. The predicted octanol–water partition coefficient (Wildman–Crippen LogP) is 4.47. The average molecular weight is 694 g/mol. The van der Waals surface area contributed by atoms with E-state index in [1.54, 1.807) is 6.07 Å². The van der Waals surface area contributed by atoms with Crippen LogP contribution in [0.1, 0.15) is 38.2 Å². The van der Waals surface area contributed by atoms with E-state index >= 15 is 0 Å². The minimum absolute atomic E-state index is 0. The number of fused-ring (bicyclic) bond motifs is 6. The van der Waals surface area contributed by atoms with Crippen LogP contribution in [0.15, 0.2) is 48.5 Å². The maximum atomic E-state index is 12.6. The molecule has 0 unspecified atom stereocenters. The molecule has 3 aromatic rings. The largest absolute Gasteiger partial charge is 0.508 e. The molecule has 27 heavy (non-hydrogen) atoms. The smallest absolute Gasteiger partial charge is 0.337 e. The van der Waals surface area contributed by atoms with Crippen molar-refractivity contribution in [1.29, 1.82) is 0 Å². The zero-order chi connectivity index (χ0) is 17.2. The number of ether oxygens (including phenoxy) is 2. The van der Waals surface area contributed by atoms with E-state index in [4.69, 9.17) is 9.47 Å². The van der Waals surface area contributed by atoms with Crippen LogP contribution in [0.4, 0.5) is 0 Å². The average Bonchev–Trinajstić information content (AvgIpc) is 2.88. The first-order valence-electron chi connectivity index (χ1n) is 8.17. The number of carbonyl (C=O) groups is 1. The summed E-state index contributed by atoms with van der Waals surface area (Å²) in [5.74, 6) is 0.841. The molecule has 0 aromatic heterocycles. The summed E-state index contributed by atoms with van der Waals surface area (Å²) in [4.78, 5) is 12.6. The maximum absolute atomic E-state index is 12.6. The Morgan fingerprint density at radius 3 is 1.93 bits per heavy atom. The van der Waals surface area contributed by atoms with E-state index in [9.17, 15) is 4.79 Å². The van der Waals surface area contributed by atoms with Gasteiger partial charge in [-0.05, 0) is 11.6 Å². The summed E-state index contributed by atoms with van der Waals surface area (Å²) in [5, 5.41) is 0. The molecule has 5 heteroatoms. The van der Waals surface area contributed by atoms with E-state index in [0.717, 1.165) is 27.8 Å². The van der Waals surface area contributed by atoms with Gasteiger partial charge in [0.15, 0.2) is 0 Å². The quantitative estimate of drug-likeness (QED) is 0.258. The molecule has 134 valence electrons. The van der Waals surface area contributed by atoms with E-state index in [1.165, 1.54) is 0 Å². The van der Waals surface area contributed by atoms with Crippen LogP contribution in [0.2, 0.25) is 0 Å². The summed E-state index contributed by atoms with van der Waals surface area (Å²) in [6.07, 6.45) is 0. The molecule has 0 saturated carbocycles. The normalized spacial score (nSPS) is 14.7. The van der Waals surface area contributed by atoms with Crippen LogP contribution in [0.25, 0.3) is 0 Å². The van der Waals surface area contributed by atoms with Crippen molar-refractivity contribution in [2.24, 2.45) is 0 Å². The Hall–Kier alpha value is -1.69. The monoisotopic (exact) mass is 694 g/mol. The fourth-order valence-electron chi connectivity index (χ4n) is 3.72. The van der Waals surface area contributed by atoms with Gasteiger partial charge in [-0.15, -0.1) is 12.1 Å². The van der Waals surface area contributed by atoms with Crippen molar-refractivity contribution in [3.63, 3.8) is 0 Å². The fraction of sp³-hybridized carbons (Fsp3) is 0.136. The molecule has 0 saturated heterocycles. The van der Waals surface area contributed by atoms with Crippen LogP contribution >= 0.6 is 0 Å². The number of aryl methyl sites for hydroxylation is 2. The molecule has 3 aromatic carbocycles. The van der Waals surface area contributed by atoms with Gasteiger partial charge in [-0.2, -0.15) is 35.4 Å². The molecular formula is C22H14O3W2-2. The standard InChI is InChI=1S/C22H14O3.2W/c1-13-7-9-17-19(11-13)24-20-12-14(2)8-10-18(20)22(17)16-6-4-3-5-15(16)21(23)25-22;;/h3-10H,1-2H3;;/q-2;;. The predicted molar refractivity (Wildman–Crippen MR) is 91.8 cm³/mol. The molecule has 0 N–H and O–H groups in total. The van der Waals surface area contributed by atoms with Crippen LogP contribution in [-0.2, 0) is 52.5 Å². The van der Waals surface area contributed by atoms with E-state index in [-0.39, 0.29) is 48.1 Å². The Morgan fingerprint density at radius 1 is 0.778 bits per heavy atom. The van der Waals surface area contributed by atoms with Gasteiger partial charge < -0.3 is 9.47 Å². The number of hydrogen-bond donors (Lipinski definition) is 0. The van der Waals surface area contributed by atoms with Gasteiger partial charge in [-0.3, -0.25) is 0 Å². The van der Waals surface area contributed by atoms with Gasteiger partial charge in [-0.25, -0.2) is 4.79 Å². The van der Waals surface area contributed by atoms with Gasteiger partial charge in [-0.1, -0.05) is 43.2 Å². The maximum Gasteiger partial charge on any atom is 0.337 e. The zero-order valence-electron chi connectivity index (χ0n) is 14.7. The molecule has 1 spiro atoms. The Labute approximate surface area is 186 Å². The van der Waals surface area contributed by atoms with Crippen molar-refractivity contribution in [2.45, 2.75) is 19.4 Å². The van der Waals surface area contributed by atoms with Gasteiger partial charge in [0.05, 0.1) is 5.56 Å². The summed E-state index contributed by atoms with van der Waals surface area (Å²) in [7, 11) is 0. The van der Waals surface area contributed by atoms with Crippen molar-refractivity contribution >= 4 is 5.97 Å². The number of benzene rings is 3. The van der Waals surface area contributed by atoms with Crippen LogP contribution in [0, 0.1) is 26.0 Å². The minimum Gasteiger partial charge on any atom is -0.508 e. The summed E-state index contributed by atoms with van der Waals surface area (Å²) in [6.45, 7) is 3.92. The third kappa shape index (κ3) is 2.75. The second kappa shape index (κ2) is 7.04. The molecule has 5 rings (SSSR count). The molecule has 2 aliphatic heterocycles. The summed E-state index contributed by atoms with van der Waals surface area (Å²) >= 11 is 0. The van der Waals surface area contributed by atoms with Gasteiger partial charge in [0.1, 0.15) is 5.60 Å². The number of rotatable bonds is 0. The van der Waals surface area contributed by atoms with E-state index in [2.05, 4.69) is 12.1 Å². The summed E-state index contributed by atoms with van der Waals surface area (Å²) in [6, 6.07) is 21.9. The van der Waals surface area contributed by atoms with Crippen LogP contribution < -0.4 is 4.74 Å². The van der Waals surface area contributed by atoms with Gasteiger partial charge in [0.2, 0.25) is 0 Å². The van der Waals surface area contributed by atoms with Crippen molar-refractivity contribution in [2.75, 3.05) is 0 Å². The SMILES string of the molecule is Cc1[c-]c2c(cc1)C1(OC(=O)c3ccccc31)c1ccc(C)[c-]c1O2.[W].[W]. The minimum atomic E-state index is -1.01. The zero-order valence-corrected chi connectivity index (χ0v) is 20.5. The molecule has 0 radical (unpaired) electrons. The first-order chi connectivity index (χ1) is 12.1. The third-order valence-corrected chi connectivity index (χ3v) is 4.85. The van der Waals surface area contributed by atoms with Crippen molar-refractivity contribution < 1.29 is 56.4 Å². The van der Waals surface area contributed by atoms with Gasteiger partial charge >= 0.3 is 5.97 Å². The molecule has 3 nitrogen and oxygen atoms in total. The molecule has 0 atom stereocenters. The van der Waals surface area contributed by atoms with Crippen molar-refractivity contribution in [3.05, 3.63) is 94.0 Å². The number of esters is 1. The molecule has 0 bridgehead atoms. The van der Waals surface area contributed by atoms with Crippen molar-refractivity contribution in [3.8, 4) is 11.5 Å². The first kappa shape index (κ1) is 20.1. The molecule has 0 fully saturated rings. The molecular weight excluding hydrogens is 680 g/mol. The molecule has 2 aliphatic rings. The van der Waals surface area contributed by atoms with Gasteiger partial charge in [0, 0.05) is 53.6 Å². The van der Waals surface area contributed by atoms with Crippen molar-refractivity contribution in [1.82, 2.24) is 0 Å². The van der Waals surface area contributed by atoms with Gasteiger partial charge in [0.25, 0.3) is 0 Å². The first-order valence-corrected chi connectivity index (χ1v) is 8.17. The number of carbonyl (C=O) groups excluding carboxylic acids is 1. The summed E-state index contributed by atoms with van der Waals surface area (Å²) < 4.78 is 12.1.